The van der Waals surface area contributed by atoms with Crippen LogP contribution in [0.2, 0.25) is 0 Å². The van der Waals surface area contributed by atoms with Gasteiger partial charge in [-0.3, -0.25) is 9.59 Å². The second-order valence-electron chi connectivity index (χ2n) is 7.63. The van der Waals surface area contributed by atoms with Crippen molar-refractivity contribution in [3.8, 4) is 0 Å². The molecule has 0 bridgehead atoms. The third kappa shape index (κ3) is 3.43. The molecule has 1 saturated carbocycles. The predicted molar refractivity (Wildman–Crippen MR) is 107 cm³/mol. The zero-order valence-electron chi connectivity index (χ0n) is 16.4. The number of carbonyl (C=O) groups is 1. The van der Waals surface area contributed by atoms with Gasteiger partial charge < -0.3 is 9.94 Å². The molecule has 1 N–H and O–H groups in total. The Balaban J connectivity index is 1.81. The van der Waals surface area contributed by atoms with E-state index >= 15 is 0 Å². The van der Waals surface area contributed by atoms with Gasteiger partial charge in [-0.25, -0.2) is 13.1 Å². The van der Waals surface area contributed by atoms with E-state index in [0.29, 0.717) is 29.9 Å². The molecule has 0 atom stereocenters. The Bertz CT molecular complexity index is 1170. The van der Waals surface area contributed by atoms with E-state index in [4.69, 9.17) is 4.84 Å². The molecule has 29 heavy (non-hydrogen) atoms. The fourth-order valence-corrected chi connectivity index (χ4v) is 5.17. The van der Waals surface area contributed by atoms with Crippen molar-refractivity contribution in [2.24, 2.45) is 5.16 Å². The van der Waals surface area contributed by atoms with E-state index in [1.807, 2.05) is 0 Å². The molecule has 2 aromatic rings. The normalized spacial score (nSPS) is 17.4. The lowest BCUT2D eigenvalue weighted by molar-refractivity contribution is 0.103. The molecule has 0 amide bonds. The molecule has 1 aromatic heterocycles. The van der Waals surface area contributed by atoms with E-state index in [0.717, 1.165) is 31.9 Å². The van der Waals surface area contributed by atoms with E-state index < -0.39 is 15.6 Å². The molecule has 9 heteroatoms. The highest BCUT2D eigenvalue weighted by Gasteiger charge is 2.28. The Hall–Kier alpha value is -2.68. The number of nitrogens with zero attached hydrogens (tertiary/aromatic N) is 2. The van der Waals surface area contributed by atoms with Crippen molar-refractivity contribution in [2.45, 2.75) is 50.0 Å². The highest BCUT2D eigenvalue weighted by molar-refractivity contribution is 7.90. The quantitative estimate of drug-likeness (QED) is 0.751. The van der Waals surface area contributed by atoms with Gasteiger partial charge in [0.25, 0.3) is 5.56 Å². The van der Waals surface area contributed by atoms with Crippen molar-refractivity contribution in [2.75, 3.05) is 12.9 Å². The van der Waals surface area contributed by atoms with Crippen LogP contribution in [0.3, 0.4) is 0 Å². The number of aromatic amines is 1. The summed E-state index contributed by atoms with van der Waals surface area (Å²) >= 11 is 0. The molecule has 8 nitrogen and oxygen atoms in total. The Labute approximate surface area is 168 Å². The number of nitrogens with one attached hydrogen (secondary N) is 1. The summed E-state index contributed by atoms with van der Waals surface area (Å²) in [4.78, 5) is 31.2. The predicted octanol–water partition coefficient (Wildman–Crippen LogP) is 2.36. The van der Waals surface area contributed by atoms with Gasteiger partial charge in [-0.2, -0.15) is 0 Å². The molecule has 0 spiro atoms. The number of rotatable bonds is 5. The molecule has 1 fully saturated rings. The Kier molecular flexibility index (Phi) is 4.94. The lowest BCUT2D eigenvalue weighted by atomic mass is 9.93. The third-order valence-electron chi connectivity index (χ3n) is 5.70. The van der Waals surface area contributed by atoms with Crippen LogP contribution in [0.15, 0.2) is 33.2 Å². The minimum atomic E-state index is -3.54. The first-order valence-corrected chi connectivity index (χ1v) is 11.6. The van der Waals surface area contributed by atoms with E-state index in [9.17, 15) is 18.0 Å². The molecule has 0 unspecified atom stereocenters. The number of sulfone groups is 1. The first kappa shape index (κ1) is 19.6. The number of aromatic nitrogens is 2. The Morgan fingerprint density at radius 3 is 2.59 bits per heavy atom. The maximum Gasteiger partial charge on any atom is 0.277 e. The lowest BCUT2D eigenvalue weighted by Crippen LogP contribution is -2.25. The topological polar surface area (TPSA) is 111 Å². The monoisotopic (exact) mass is 417 g/mol. The SMILES string of the molecule is Cc1c(C(=O)c2c[nH]n(C3CCCC3)c2=O)ccc(S(C)(=O)=O)c1C1=NOCC1. The van der Waals surface area contributed by atoms with Gasteiger partial charge in [0.05, 0.1) is 16.6 Å². The summed E-state index contributed by atoms with van der Waals surface area (Å²) in [5.41, 5.74) is 1.38. The van der Waals surface area contributed by atoms with Crippen molar-refractivity contribution in [1.29, 1.82) is 0 Å². The summed E-state index contributed by atoms with van der Waals surface area (Å²) in [5.74, 6) is -0.429. The van der Waals surface area contributed by atoms with Gasteiger partial charge in [-0.15, -0.1) is 0 Å². The molecule has 2 aliphatic rings. The van der Waals surface area contributed by atoms with Crippen molar-refractivity contribution < 1.29 is 18.0 Å². The highest BCUT2D eigenvalue weighted by atomic mass is 32.2. The number of hydrogen-bond acceptors (Lipinski definition) is 6. The minimum absolute atomic E-state index is 0.0580. The van der Waals surface area contributed by atoms with Gasteiger partial charge in [0, 0.05) is 30.0 Å². The van der Waals surface area contributed by atoms with Crippen molar-refractivity contribution in [3.05, 3.63) is 50.9 Å². The van der Waals surface area contributed by atoms with Crippen LogP contribution in [0.25, 0.3) is 0 Å². The van der Waals surface area contributed by atoms with E-state index in [-0.39, 0.29) is 27.6 Å². The second-order valence-corrected chi connectivity index (χ2v) is 9.62. The van der Waals surface area contributed by atoms with Gasteiger partial charge in [0.2, 0.25) is 0 Å². The molecule has 4 rings (SSSR count). The molecule has 1 aromatic carbocycles. The Morgan fingerprint density at radius 2 is 1.97 bits per heavy atom. The average Bonchev–Trinajstić information content (AvgIpc) is 3.41. The zero-order valence-corrected chi connectivity index (χ0v) is 17.2. The molecule has 1 aliphatic carbocycles. The van der Waals surface area contributed by atoms with Gasteiger partial charge in [0.15, 0.2) is 15.6 Å². The number of H-pyrrole nitrogens is 1. The lowest BCUT2D eigenvalue weighted by Gasteiger charge is -2.14. The van der Waals surface area contributed by atoms with E-state index in [1.165, 1.54) is 23.0 Å². The first-order chi connectivity index (χ1) is 13.8. The number of benzene rings is 1. The fraction of sp³-hybridized carbons (Fsp3) is 0.450. The summed E-state index contributed by atoms with van der Waals surface area (Å²) in [6.07, 6.45) is 7.00. The van der Waals surface area contributed by atoms with Crippen LogP contribution in [-0.4, -0.2) is 42.6 Å². The summed E-state index contributed by atoms with van der Waals surface area (Å²) in [6.45, 7) is 2.04. The maximum atomic E-state index is 13.2. The largest absolute Gasteiger partial charge is 0.395 e. The first-order valence-electron chi connectivity index (χ1n) is 9.66. The number of oxime groups is 1. The van der Waals surface area contributed by atoms with Gasteiger partial charge >= 0.3 is 0 Å². The van der Waals surface area contributed by atoms with Crippen LogP contribution in [0.1, 0.15) is 65.2 Å². The molecule has 0 saturated heterocycles. The Morgan fingerprint density at radius 1 is 1.24 bits per heavy atom. The van der Waals surface area contributed by atoms with Crippen LogP contribution in [0.5, 0.6) is 0 Å². The van der Waals surface area contributed by atoms with Crippen LogP contribution < -0.4 is 5.56 Å². The van der Waals surface area contributed by atoms with Gasteiger partial charge in [-0.05, 0) is 37.5 Å². The molecule has 1 aliphatic heterocycles. The van der Waals surface area contributed by atoms with E-state index in [2.05, 4.69) is 10.3 Å². The van der Waals surface area contributed by atoms with Crippen LogP contribution in [-0.2, 0) is 14.7 Å². The van der Waals surface area contributed by atoms with Crippen molar-refractivity contribution >= 4 is 21.3 Å². The second kappa shape index (κ2) is 7.29. The molecule has 0 radical (unpaired) electrons. The maximum absolute atomic E-state index is 13.2. The summed E-state index contributed by atoms with van der Waals surface area (Å²) in [6, 6.07) is 2.98. The summed E-state index contributed by atoms with van der Waals surface area (Å²) in [7, 11) is -3.54. The van der Waals surface area contributed by atoms with Gasteiger partial charge in [-0.1, -0.05) is 18.0 Å². The van der Waals surface area contributed by atoms with Crippen molar-refractivity contribution in [3.63, 3.8) is 0 Å². The number of hydrogen-bond donors (Lipinski definition) is 1. The van der Waals surface area contributed by atoms with Crippen LogP contribution >= 0.6 is 0 Å². The highest BCUT2D eigenvalue weighted by Crippen LogP contribution is 2.29. The fourth-order valence-electron chi connectivity index (χ4n) is 4.21. The molecular formula is C20H23N3O5S. The van der Waals surface area contributed by atoms with Crippen molar-refractivity contribution in [1.82, 2.24) is 9.78 Å². The third-order valence-corrected chi connectivity index (χ3v) is 6.84. The number of ketones is 1. The van der Waals surface area contributed by atoms with Crippen LogP contribution in [0.4, 0.5) is 0 Å². The van der Waals surface area contributed by atoms with Crippen LogP contribution in [0, 0.1) is 6.92 Å². The number of carbonyl (C=O) groups excluding carboxylic acids is 1. The summed E-state index contributed by atoms with van der Waals surface area (Å²) < 4.78 is 26.1. The molecule has 2 heterocycles. The standard InChI is InChI=1S/C20H23N3O5S/c1-12-14(7-8-17(29(2,26)27)18(12)16-9-10-28-22-16)19(24)15-11-21-23(20(15)25)13-5-3-4-6-13/h7-8,11,13,21H,3-6,9-10H2,1-2H3. The molecule has 154 valence electrons. The van der Waals surface area contributed by atoms with E-state index in [1.54, 1.807) is 6.92 Å². The average molecular weight is 417 g/mol. The summed E-state index contributed by atoms with van der Waals surface area (Å²) in [5, 5.41) is 6.89. The smallest absolute Gasteiger partial charge is 0.277 e. The zero-order chi connectivity index (χ0) is 20.8. The minimum Gasteiger partial charge on any atom is -0.395 e. The molecular weight excluding hydrogens is 394 g/mol. The van der Waals surface area contributed by atoms with Gasteiger partial charge in [0.1, 0.15) is 12.2 Å².